The zero-order valence-corrected chi connectivity index (χ0v) is 11.7. The molecule has 0 amide bonds. The average Bonchev–Trinajstić information content (AvgIpc) is 2.89. The molecule has 0 aliphatic heterocycles. The van der Waals surface area contributed by atoms with Crippen molar-refractivity contribution < 1.29 is 5.11 Å². The largest absolute Gasteiger partial charge is 0.395 e. The molecular weight excluding hydrogens is 262 g/mol. The summed E-state index contributed by atoms with van der Waals surface area (Å²) in [6.45, 7) is 2.11. The van der Waals surface area contributed by atoms with Gasteiger partial charge in [-0.25, -0.2) is 0 Å². The highest BCUT2D eigenvalue weighted by Gasteiger charge is 2.18. The molecule has 2 atom stereocenters. The van der Waals surface area contributed by atoms with E-state index in [1.54, 1.807) is 16.4 Å². The molecule has 2 aromatic rings. The van der Waals surface area contributed by atoms with Crippen LogP contribution in [0.1, 0.15) is 6.92 Å². The predicted molar refractivity (Wildman–Crippen MR) is 76.6 cm³/mol. The molecule has 6 nitrogen and oxygen atoms in total. The van der Waals surface area contributed by atoms with E-state index in [9.17, 15) is 5.11 Å². The van der Waals surface area contributed by atoms with E-state index in [-0.39, 0.29) is 17.9 Å². The Bertz CT molecular complexity index is 500. The number of rotatable bonds is 6. The number of aliphatic hydroxyl groups excluding tert-OH is 1. The number of aromatic nitrogens is 4. The van der Waals surface area contributed by atoms with E-state index >= 15 is 0 Å². The molecule has 0 radical (unpaired) electrons. The minimum atomic E-state index is 0.0634. The van der Waals surface area contributed by atoms with Gasteiger partial charge in [0.25, 0.3) is 0 Å². The third-order valence-corrected chi connectivity index (χ3v) is 4.03. The van der Waals surface area contributed by atoms with Crippen LogP contribution in [-0.2, 0) is 0 Å². The SMILES string of the molecule is CSC(CO)C(C)Nc1nnnn1-c1ccccc1. The lowest BCUT2D eigenvalue weighted by molar-refractivity contribution is 0.288. The number of aliphatic hydroxyl groups is 1. The van der Waals surface area contributed by atoms with Gasteiger partial charge in [-0.3, -0.25) is 0 Å². The Morgan fingerprint density at radius 3 is 2.74 bits per heavy atom. The monoisotopic (exact) mass is 279 g/mol. The molecule has 0 spiro atoms. The molecule has 0 aliphatic carbocycles. The van der Waals surface area contributed by atoms with E-state index < -0.39 is 0 Å². The van der Waals surface area contributed by atoms with Gasteiger partial charge in [0.1, 0.15) is 0 Å². The summed E-state index contributed by atoms with van der Waals surface area (Å²) >= 11 is 1.61. The van der Waals surface area contributed by atoms with Crippen LogP contribution in [0.25, 0.3) is 5.69 Å². The topological polar surface area (TPSA) is 75.9 Å². The number of thioether (sulfide) groups is 1. The number of anilines is 1. The molecule has 0 aliphatic rings. The lowest BCUT2D eigenvalue weighted by Gasteiger charge is -2.21. The van der Waals surface area contributed by atoms with Crippen molar-refractivity contribution in [2.24, 2.45) is 0 Å². The second-order valence-electron chi connectivity index (χ2n) is 4.14. The smallest absolute Gasteiger partial charge is 0.247 e. The van der Waals surface area contributed by atoms with Crippen LogP contribution in [0.15, 0.2) is 30.3 Å². The van der Waals surface area contributed by atoms with Crippen LogP contribution in [0.4, 0.5) is 5.95 Å². The molecule has 0 saturated carbocycles. The first kappa shape index (κ1) is 13.8. The number of hydrogen-bond donors (Lipinski definition) is 2. The number of benzene rings is 1. The molecule has 1 aromatic carbocycles. The van der Waals surface area contributed by atoms with Gasteiger partial charge in [0.15, 0.2) is 0 Å². The van der Waals surface area contributed by atoms with E-state index in [1.165, 1.54) is 0 Å². The molecule has 102 valence electrons. The molecule has 1 heterocycles. The molecule has 1 aromatic heterocycles. The summed E-state index contributed by atoms with van der Waals surface area (Å²) in [4.78, 5) is 0. The highest BCUT2D eigenvalue weighted by molar-refractivity contribution is 7.99. The van der Waals surface area contributed by atoms with Gasteiger partial charge in [-0.2, -0.15) is 16.4 Å². The maximum atomic E-state index is 9.29. The van der Waals surface area contributed by atoms with E-state index in [1.807, 2.05) is 43.5 Å². The van der Waals surface area contributed by atoms with Crippen LogP contribution in [0.5, 0.6) is 0 Å². The second-order valence-corrected chi connectivity index (χ2v) is 5.22. The molecule has 2 N–H and O–H groups in total. The Labute approximate surface area is 116 Å². The van der Waals surface area contributed by atoms with Gasteiger partial charge >= 0.3 is 0 Å². The minimum absolute atomic E-state index is 0.0634. The maximum Gasteiger partial charge on any atom is 0.247 e. The standard InChI is InChI=1S/C12H17N5OS/c1-9(11(8-18)19-2)13-12-14-15-16-17(12)10-6-4-3-5-7-10/h3-7,9,11,18H,8H2,1-2H3,(H,13,14,16). The molecule has 0 saturated heterocycles. The minimum Gasteiger partial charge on any atom is -0.395 e. The first-order valence-corrected chi connectivity index (χ1v) is 7.29. The van der Waals surface area contributed by atoms with Crippen molar-refractivity contribution in [1.82, 2.24) is 20.2 Å². The zero-order valence-electron chi connectivity index (χ0n) is 10.9. The summed E-state index contributed by atoms with van der Waals surface area (Å²) in [7, 11) is 0. The van der Waals surface area contributed by atoms with Crippen LogP contribution < -0.4 is 5.32 Å². The number of tetrazole rings is 1. The van der Waals surface area contributed by atoms with Crippen molar-refractivity contribution >= 4 is 17.7 Å². The van der Waals surface area contributed by atoms with E-state index in [0.717, 1.165) is 5.69 Å². The van der Waals surface area contributed by atoms with E-state index in [0.29, 0.717) is 5.95 Å². The molecule has 0 fully saturated rings. The quantitative estimate of drug-likeness (QED) is 0.827. The number of nitrogens with zero attached hydrogens (tertiary/aromatic N) is 4. The van der Waals surface area contributed by atoms with Crippen molar-refractivity contribution in [3.8, 4) is 5.69 Å². The van der Waals surface area contributed by atoms with Gasteiger partial charge in [0, 0.05) is 11.3 Å². The van der Waals surface area contributed by atoms with Crippen molar-refractivity contribution in [1.29, 1.82) is 0 Å². The average molecular weight is 279 g/mol. The maximum absolute atomic E-state index is 9.29. The van der Waals surface area contributed by atoms with Gasteiger partial charge in [0.05, 0.1) is 12.3 Å². The summed E-state index contributed by atoms with van der Waals surface area (Å²) in [6.07, 6.45) is 1.97. The number of para-hydroxylation sites is 1. The molecule has 7 heteroatoms. The summed E-state index contributed by atoms with van der Waals surface area (Å²) in [5, 5.41) is 24.3. The van der Waals surface area contributed by atoms with Crippen molar-refractivity contribution in [2.45, 2.75) is 18.2 Å². The van der Waals surface area contributed by atoms with Crippen LogP contribution in [0.3, 0.4) is 0 Å². The lowest BCUT2D eigenvalue weighted by atomic mass is 10.2. The number of hydrogen-bond acceptors (Lipinski definition) is 6. The highest BCUT2D eigenvalue weighted by Crippen LogP contribution is 2.16. The first-order chi connectivity index (χ1) is 9.26. The fourth-order valence-corrected chi connectivity index (χ4v) is 2.38. The molecule has 0 bridgehead atoms. The first-order valence-electron chi connectivity index (χ1n) is 6.00. The summed E-state index contributed by atoms with van der Waals surface area (Å²) in [6, 6.07) is 9.74. The third kappa shape index (κ3) is 3.24. The zero-order chi connectivity index (χ0) is 13.7. The predicted octanol–water partition coefficient (Wildman–Crippen LogP) is 1.19. The number of nitrogens with one attached hydrogen (secondary N) is 1. The van der Waals surface area contributed by atoms with Crippen molar-refractivity contribution in [2.75, 3.05) is 18.2 Å². The lowest BCUT2D eigenvalue weighted by Crippen LogP contribution is -2.32. The fourth-order valence-electron chi connectivity index (χ4n) is 1.75. The van der Waals surface area contributed by atoms with Gasteiger partial charge < -0.3 is 10.4 Å². The molecule has 2 rings (SSSR count). The fraction of sp³-hybridized carbons (Fsp3) is 0.417. The Morgan fingerprint density at radius 2 is 2.11 bits per heavy atom. The Hall–Kier alpha value is -1.60. The second kappa shape index (κ2) is 6.53. The van der Waals surface area contributed by atoms with Crippen LogP contribution >= 0.6 is 11.8 Å². The Kier molecular flexibility index (Phi) is 4.75. The van der Waals surface area contributed by atoms with Crippen molar-refractivity contribution in [3.63, 3.8) is 0 Å². The van der Waals surface area contributed by atoms with Crippen LogP contribution in [0.2, 0.25) is 0 Å². The van der Waals surface area contributed by atoms with E-state index in [4.69, 9.17) is 0 Å². The van der Waals surface area contributed by atoms with Crippen LogP contribution in [0, 0.1) is 0 Å². The Morgan fingerprint density at radius 1 is 1.37 bits per heavy atom. The van der Waals surface area contributed by atoms with Crippen molar-refractivity contribution in [3.05, 3.63) is 30.3 Å². The molecular formula is C12H17N5OS. The van der Waals surface area contributed by atoms with Gasteiger partial charge in [-0.15, -0.1) is 0 Å². The van der Waals surface area contributed by atoms with E-state index in [2.05, 4.69) is 20.8 Å². The third-order valence-electron chi connectivity index (χ3n) is 2.87. The molecule has 19 heavy (non-hydrogen) atoms. The Balaban J connectivity index is 2.17. The van der Waals surface area contributed by atoms with Gasteiger partial charge in [0.2, 0.25) is 5.95 Å². The van der Waals surface area contributed by atoms with Crippen LogP contribution in [-0.4, -0.2) is 49.5 Å². The summed E-state index contributed by atoms with van der Waals surface area (Å²) < 4.78 is 1.64. The van der Waals surface area contributed by atoms with Gasteiger partial charge in [-0.05, 0) is 35.7 Å². The highest BCUT2D eigenvalue weighted by atomic mass is 32.2. The summed E-state index contributed by atoms with van der Waals surface area (Å²) in [5.41, 5.74) is 0.895. The molecule has 2 unspecified atom stereocenters. The van der Waals surface area contributed by atoms with Gasteiger partial charge in [-0.1, -0.05) is 23.3 Å². The summed E-state index contributed by atoms with van der Waals surface area (Å²) in [5.74, 6) is 0.575. The normalized spacial score (nSPS) is 14.1.